The molecule has 0 fully saturated rings. The Labute approximate surface area is 373 Å². The maximum Gasteiger partial charge on any atom is 0.0735 e. The largest absolute Gasteiger partial charge is 0.136 e. The van der Waals surface area contributed by atoms with E-state index in [-0.39, 0.29) is 17.3 Å². The van der Waals surface area contributed by atoms with Gasteiger partial charge in [0.25, 0.3) is 0 Å². The molecule has 12 rings (SSSR count). The van der Waals surface area contributed by atoms with Gasteiger partial charge in [0.1, 0.15) is 0 Å². The zero-order chi connectivity index (χ0) is 41.3. The first-order valence-corrected chi connectivity index (χ1v) is 23.7. The van der Waals surface area contributed by atoms with Gasteiger partial charge in [-0.1, -0.05) is 207 Å². The van der Waals surface area contributed by atoms with Gasteiger partial charge in [0.15, 0.2) is 0 Å². The Kier molecular flexibility index (Phi) is 9.10. The highest BCUT2D eigenvalue weighted by Gasteiger charge is 2.50. The topological polar surface area (TPSA) is 0 Å². The maximum absolute atomic E-state index is 2.60. The average molecular weight is 831 g/mol. The van der Waals surface area contributed by atoms with Crippen molar-refractivity contribution in [1.29, 1.82) is 0 Å². The lowest BCUT2D eigenvalue weighted by atomic mass is 9.66. The first kappa shape index (κ1) is 37.6. The molecule has 0 nitrogen and oxygen atoms in total. The predicted octanol–water partition coefficient (Wildman–Crippen LogP) is 16.1. The molecule has 0 radical (unpaired) electrons. The highest BCUT2D eigenvalue weighted by molar-refractivity contribution is 7.99. The van der Waals surface area contributed by atoms with E-state index in [2.05, 4.69) is 219 Å². The zero-order valence-corrected chi connectivity index (χ0v) is 36.4. The van der Waals surface area contributed by atoms with Crippen LogP contribution in [0.15, 0.2) is 222 Å². The third kappa shape index (κ3) is 6.10. The molecular weight excluding hydrogens is 785 g/mol. The minimum absolute atomic E-state index is 0.0217. The molecule has 2 heteroatoms. The number of fused-ring (bicyclic) bond motifs is 10. The molecule has 2 heterocycles. The second-order valence-corrected chi connectivity index (χ2v) is 19.9. The van der Waals surface area contributed by atoms with Crippen LogP contribution in [-0.2, 0) is 11.8 Å². The Morgan fingerprint density at radius 1 is 0.581 bits per heavy atom. The summed E-state index contributed by atoms with van der Waals surface area (Å²) in [4.78, 5) is 4.04. The maximum atomic E-state index is 2.60. The summed E-state index contributed by atoms with van der Waals surface area (Å²) in [7, 11) is 0. The van der Waals surface area contributed by atoms with Crippen molar-refractivity contribution in [2.24, 2.45) is 5.41 Å². The molecule has 3 atom stereocenters. The zero-order valence-electron chi connectivity index (χ0n) is 34.8. The summed E-state index contributed by atoms with van der Waals surface area (Å²) in [6, 6.07) is 64.8. The number of hydrogen-bond acceptors (Lipinski definition) is 2. The first-order chi connectivity index (χ1) is 30.6. The number of benzene rings is 7. The Morgan fingerprint density at radius 3 is 1.94 bits per heavy atom. The summed E-state index contributed by atoms with van der Waals surface area (Å²) < 4.78 is 1.37. The highest BCUT2D eigenvalue weighted by Crippen LogP contribution is 2.62. The van der Waals surface area contributed by atoms with Crippen molar-refractivity contribution in [1.82, 2.24) is 0 Å². The summed E-state index contributed by atoms with van der Waals surface area (Å²) in [5.74, 6) is 0.384. The van der Waals surface area contributed by atoms with Crippen molar-refractivity contribution < 1.29 is 0 Å². The standard InChI is InChI=1S/C60H46S2/c1-59(35-15-4-16-36-59)58(42-19-7-3-8-20-42)44-31-33-47-49(54(61-57(47)38-44)34-29-40-27-28-40)39-48(41-17-5-2-6-18-41)43-30-32-46-45-21-9-10-22-50(45)60(53(46)37-43)51-23-11-13-25-55(51)62-56-26-14-12-24-52(56)60/h2-27,29-35,37-38,48,58H,28,36,39H2,1H3/b34-29-. The summed E-state index contributed by atoms with van der Waals surface area (Å²) in [5.41, 5.74) is 16.1. The molecule has 0 amide bonds. The molecule has 1 aromatic heterocycles. The Bertz CT molecular complexity index is 3110. The van der Waals surface area contributed by atoms with Crippen LogP contribution in [0.2, 0.25) is 0 Å². The van der Waals surface area contributed by atoms with Crippen LogP contribution < -0.4 is 0 Å². The lowest BCUT2D eigenvalue weighted by molar-refractivity contribution is 0.374. The fourth-order valence-corrected chi connectivity index (χ4v) is 13.4. The van der Waals surface area contributed by atoms with Gasteiger partial charge in [-0.2, -0.15) is 0 Å². The van der Waals surface area contributed by atoms with E-state index in [0.717, 1.165) is 19.3 Å². The SMILES string of the molecule is CC1(C(c2ccccc2)c2ccc3c(CC(c4ccccc4)c4ccc5c(c4)C4(c6ccccc6Sc6ccccc64)c4ccccc4-5)c(/C=C\C4=CC4)sc3c2)C=CC=CC1. The van der Waals surface area contributed by atoms with Gasteiger partial charge in [0.05, 0.1) is 5.41 Å². The van der Waals surface area contributed by atoms with Gasteiger partial charge in [0, 0.05) is 36.6 Å². The van der Waals surface area contributed by atoms with Crippen molar-refractivity contribution in [3.8, 4) is 11.1 Å². The lowest BCUT2D eigenvalue weighted by Gasteiger charge is -2.40. The van der Waals surface area contributed by atoms with Gasteiger partial charge in [-0.05, 0) is 116 Å². The molecule has 3 unspecified atom stereocenters. The summed E-state index contributed by atoms with van der Waals surface area (Å²) in [6.45, 7) is 2.43. The van der Waals surface area contributed by atoms with E-state index in [4.69, 9.17) is 0 Å². The monoisotopic (exact) mass is 830 g/mol. The van der Waals surface area contributed by atoms with Crippen molar-refractivity contribution in [3.63, 3.8) is 0 Å². The smallest absolute Gasteiger partial charge is 0.0735 e. The quantitative estimate of drug-likeness (QED) is 0.140. The number of allylic oxidation sites excluding steroid dienone is 7. The van der Waals surface area contributed by atoms with Crippen LogP contribution in [0, 0.1) is 5.41 Å². The molecule has 3 aliphatic carbocycles. The Morgan fingerprint density at radius 2 is 1.23 bits per heavy atom. The van der Waals surface area contributed by atoms with Crippen LogP contribution >= 0.6 is 23.1 Å². The molecule has 7 aromatic carbocycles. The average Bonchev–Trinajstić information content (AvgIpc) is 4.03. The summed E-state index contributed by atoms with van der Waals surface area (Å²) in [6.07, 6.45) is 19.3. The molecule has 1 spiro atoms. The Hall–Kier alpha value is -6.19. The molecule has 0 saturated carbocycles. The third-order valence-electron chi connectivity index (χ3n) is 14.0. The lowest BCUT2D eigenvalue weighted by Crippen LogP contribution is -2.32. The fraction of sp³-hybridized carbons (Fsp3) is 0.133. The van der Waals surface area contributed by atoms with Gasteiger partial charge in [-0.15, -0.1) is 11.3 Å². The van der Waals surface area contributed by atoms with E-state index in [0.29, 0.717) is 0 Å². The molecular formula is C60H46S2. The van der Waals surface area contributed by atoms with Crippen molar-refractivity contribution in [3.05, 3.63) is 267 Å². The third-order valence-corrected chi connectivity index (χ3v) is 16.3. The second kappa shape index (κ2) is 15.0. The molecule has 0 saturated heterocycles. The van der Waals surface area contributed by atoms with Crippen LogP contribution in [0.1, 0.15) is 86.5 Å². The van der Waals surface area contributed by atoms with E-state index in [1.165, 1.54) is 91.5 Å². The molecule has 0 N–H and O–H groups in total. The molecule has 0 bridgehead atoms. The second-order valence-electron chi connectivity index (χ2n) is 17.7. The minimum atomic E-state index is -0.409. The number of hydrogen-bond donors (Lipinski definition) is 0. The number of rotatable bonds is 9. The minimum Gasteiger partial charge on any atom is -0.136 e. The van der Waals surface area contributed by atoms with Gasteiger partial charge >= 0.3 is 0 Å². The van der Waals surface area contributed by atoms with Crippen LogP contribution in [0.3, 0.4) is 0 Å². The number of thiophene rings is 1. The molecule has 1 aliphatic heterocycles. The van der Waals surface area contributed by atoms with Crippen LogP contribution in [0.4, 0.5) is 0 Å². The van der Waals surface area contributed by atoms with Gasteiger partial charge in [-0.25, -0.2) is 0 Å². The van der Waals surface area contributed by atoms with E-state index < -0.39 is 5.41 Å². The molecule has 4 aliphatic rings. The van der Waals surface area contributed by atoms with Crippen LogP contribution in [-0.4, -0.2) is 0 Å². The van der Waals surface area contributed by atoms with Crippen LogP contribution in [0.5, 0.6) is 0 Å². The van der Waals surface area contributed by atoms with Crippen molar-refractivity contribution >= 4 is 39.3 Å². The summed E-state index contributed by atoms with van der Waals surface area (Å²) in [5, 5.41) is 1.37. The molecule has 8 aromatic rings. The van der Waals surface area contributed by atoms with Gasteiger partial charge in [-0.3, -0.25) is 0 Å². The van der Waals surface area contributed by atoms with Gasteiger partial charge in [0.2, 0.25) is 0 Å². The van der Waals surface area contributed by atoms with E-state index in [9.17, 15) is 0 Å². The molecule has 62 heavy (non-hydrogen) atoms. The first-order valence-electron chi connectivity index (χ1n) is 22.1. The highest BCUT2D eigenvalue weighted by atomic mass is 32.2. The summed E-state index contributed by atoms with van der Waals surface area (Å²) >= 11 is 3.87. The van der Waals surface area contributed by atoms with Crippen molar-refractivity contribution in [2.45, 2.75) is 53.2 Å². The Balaban J connectivity index is 1.03. The van der Waals surface area contributed by atoms with Gasteiger partial charge < -0.3 is 0 Å². The van der Waals surface area contributed by atoms with Crippen LogP contribution in [0.25, 0.3) is 27.3 Å². The van der Waals surface area contributed by atoms with E-state index in [1.54, 1.807) is 0 Å². The predicted molar refractivity (Wildman–Crippen MR) is 263 cm³/mol. The van der Waals surface area contributed by atoms with E-state index in [1.807, 2.05) is 23.1 Å². The molecule has 298 valence electrons. The van der Waals surface area contributed by atoms with E-state index >= 15 is 0 Å². The fourth-order valence-electron chi connectivity index (χ4n) is 11.1. The van der Waals surface area contributed by atoms with Crippen molar-refractivity contribution in [2.75, 3.05) is 0 Å². The normalized spacial score (nSPS) is 18.6.